The van der Waals surface area contributed by atoms with Gasteiger partial charge in [-0.3, -0.25) is 0 Å². The van der Waals surface area contributed by atoms with Crippen molar-refractivity contribution in [2.75, 3.05) is 31.1 Å². The molecule has 2 saturated heterocycles. The van der Waals surface area contributed by atoms with Gasteiger partial charge in [0.1, 0.15) is 0 Å². The first-order chi connectivity index (χ1) is 9.28. The van der Waals surface area contributed by atoms with E-state index in [9.17, 15) is 0 Å². The minimum Gasteiger partial charge on any atom is -0.370 e. The summed E-state index contributed by atoms with van der Waals surface area (Å²) in [5.74, 6) is 1.53. The molecule has 4 heterocycles. The normalized spacial score (nSPS) is 25.6. The molecule has 2 aliphatic rings. The highest BCUT2D eigenvalue weighted by atomic mass is 35.5. The molecule has 2 atom stereocenters. The Labute approximate surface area is 128 Å². The Morgan fingerprint density at radius 2 is 1.95 bits per heavy atom. The average Bonchev–Trinajstić information content (AvgIpc) is 2.77. The van der Waals surface area contributed by atoms with Crippen LogP contribution in [0.3, 0.4) is 0 Å². The molecule has 2 aromatic heterocycles. The summed E-state index contributed by atoms with van der Waals surface area (Å²) in [4.78, 5) is 6.61. The number of halogens is 2. The first kappa shape index (κ1) is 13.9. The van der Waals surface area contributed by atoms with Crippen molar-refractivity contribution in [3.63, 3.8) is 0 Å². The summed E-state index contributed by atoms with van der Waals surface area (Å²) in [6, 6.07) is 4.10. The summed E-state index contributed by atoms with van der Waals surface area (Å²) in [5, 5.41) is 8.00. The average molecular weight is 314 g/mol. The number of piperidine rings is 2. The van der Waals surface area contributed by atoms with E-state index >= 15 is 0 Å². The highest BCUT2D eigenvalue weighted by molar-refractivity contribution is 6.28. The largest absolute Gasteiger partial charge is 0.370 e. The van der Waals surface area contributed by atoms with Gasteiger partial charge in [0.15, 0.2) is 5.65 Å². The molecule has 0 saturated carbocycles. The number of pyridine rings is 1. The molecular weight excluding hydrogens is 297 g/mol. The third kappa shape index (κ3) is 2.45. The Balaban J connectivity index is 0.00000121. The summed E-state index contributed by atoms with van der Waals surface area (Å²) < 4.78 is 1.76. The monoisotopic (exact) mass is 313 g/mol. The van der Waals surface area contributed by atoms with Gasteiger partial charge in [-0.05, 0) is 55.1 Å². The van der Waals surface area contributed by atoms with Crippen LogP contribution in [0.2, 0.25) is 5.28 Å². The smallest absolute Gasteiger partial charge is 0.243 e. The van der Waals surface area contributed by atoms with Crippen LogP contribution in [-0.2, 0) is 0 Å². The number of hydrogen-bond acceptors (Lipinski definition) is 4. The van der Waals surface area contributed by atoms with E-state index in [0.717, 1.165) is 43.7 Å². The first-order valence-electron chi connectivity index (χ1n) is 6.75. The number of aromatic nitrogens is 3. The lowest BCUT2D eigenvalue weighted by atomic mass is 9.86. The molecule has 20 heavy (non-hydrogen) atoms. The van der Waals surface area contributed by atoms with Gasteiger partial charge in [0, 0.05) is 13.1 Å². The molecule has 0 radical (unpaired) electrons. The van der Waals surface area contributed by atoms with Crippen LogP contribution in [0.1, 0.15) is 6.42 Å². The molecule has 2 fully saturated rings. The van der Waals surface area contributed by atoms with Gasteiger partial charge in [0.25, 0.3) is 0 Å². The zero-order valence-corrected chi connectivity index (χ0v) is 12.6. The highest BCUT2D eigenvalue weighted by Crippen LogP contribution is 2.28. The molecular formula is C13H17Cl2N5. The SMILES string of the molecule is Cl.Clc1nc2ccc(N3CC4CNCC(C4)C3)cn2n1. The summed E-state index contributed by atoms with van der Waals surface area (Å²) in [5.41, 5.74) is 2.01. The van der Waals surface area contributed by atoms with Crippen molar-refractivity contribution in [3.8, 4) is 0 Å². The summed E-state index contributed by atoms with van der Waals surface area (Å²) in [6.45, 7) is 4.53. The van der Waals surface area contributed by atoms with Crippen molar-refractivity contribution in [2.45, 2.75) is 6.42 Å². The lowest BCUT2D eigenvalue weighted by Crippen LogP contribution is -2.51. The van der Waals surface area contributed by atoms with Crippen LogP contribution in [0.4, 0.5) is 5.69 Å². The first-order valence-corrected chi connectivity index (χ1v) is 7.13. The molecule has 2 unspecified atom stereocenters. The summed E-state index contributed by atoms with van der Waals surface area (Å²) in [7, 11) is 0. The third-order valence-corrected chi connectivity index (χ3v) is 4.30. The van der Waals surface area contributed by atoms with Crippen molar-refractivity contribution in [1.82, 2.24) is 19.9 Å². The van der Waals surface area contributed by atoms with Gasteiger partial charge in [-0.1, -0.05) is 0 Å². The quantitative estimate of drug-likeness (QED) is 0.872. The van der Waals surface area contributed by atoms with Crippen LogP contribution in [0.25, 0.3) is 5.65 Å². The number of nitrogens with zero attached hydrogens (tertiary/aromatic N) is 4. The van der Waals surface area contributed by atoms with Gasteiger partial charge in [-0.2, -0.15) is 4.98 Å². The Hall–Kier alpha value is -1.04. The van der Waals surface area contributed by atoms with Crippen molar-refractivity contribution >= 4 is 35.3 Å². The predicted molar refractivity (Wildman–Crippen MR) is 81.9 cm³/mol. The maximum absolute atomic E-state index is 5.83. The van der Waals surface area contributed by atoms with Crippen LogP contribution in [-0.4, -0.2) is 40.8 Å². The highest BCUT2D eigenvalue weighted by Gasteiger charge is 2.30. The minimum absolute atomic E-state index is 0. The number of anilines is 1. The van der Waals surface area contributed by atoms with Gasteiger partial charge in [-0.25, -0.2) is 4.52 Å². The van der Waals surface area contributed by atoms with Crippen molar-refractivity contribution in [2.24, 2.45) is 11.8 Å². The van der Waals surface area contributed by atoms with Crippen LogP contribution in [0.5, 0.6) is 0 Å². The molecule has 0 aliphatic carbocycles. The molecule has 0 aromatic carbocycles. The number of fused-ring (bicyclic) bond motifs is 3. The van der Waals surface area contributed by atoms with Crippen LogP contribution in [0, 0.1) is 11.8 Å². The van der Waals surface area contributed by atoms with Crippen LogP contribution < -0.4 is 10.2 Å². The number of hydrogen-bond donors (Lipinski definition) is 1. The fraction of sp³-hybridized carbons (Fsp3) is 0.538. The zero-order chi connectivity index (χ0) is 12.8. The molecule has 5 nitrogen and oxygen atoms in total. The second-order valence-electron chi connectivity index (χ2n) is 5.60. The van der Waals surface area contributed by atoms with E-state index in [1.165, 1.54) is 12.1 Å². The van der Waals surface area contributed by atoms with Crippen molar-refractivity contribution < 1.29 is 0 Å². The summed E-state index contributed by atoms with van der Waals surface area (Å²) >= 11 is 5.83. The third-order valence-electron chi connectivity index (χ3n) is 4.14. The van der Waals surface area contributed by atoms with Crippen molar-refractivity contribution in [1.29, 1.82) is 0 Å². The Bertz CT molecular complexity index is 602. The molecule has 2 aliphatic heterocycles. The Morgan fingerprint density at radius 3 is 2.70 bits per heavy atom. The fourth-order valence-corrected chi connectivity index (χ4v) is 3.52. The zero-order valence-electron chi connectivity index (χ0n) is 11.0. The van der Waals surface area contributed by atoms with E-state index in [0.29, 0.717) is 5.28 Å². The molecule has 0 amide bonds. The van der Waals surface area contributed by atoms with Gasteiger partial charge >= 0.3 is 0 Å². The van der Waals surface area contributed by atoms with Crippen LogP contribution in [0.15, 0.2) is 18.3 Å². The van der Waals surface area contributed by atoms with Gasteiger partial charge in [0.2, 0.25) is 5.28 Å². The maximum atomic E-state index is 5.83. The van der Waals surface area contributed by atoms with Crippen LogP contribution >= 0.6 is 24.0 Å². The van der Waals surface area contributed by atoms with Gasteiger partial charge in [0.05, 0.1) is 11.9 Å². The molecule has 0 spiro atoms. The van der Waals surface area contributed by atoms with E-state index in [1.54, 1.807) is 4.52 Å². The van der Waals surface area contributed by atoms with Crippen molar-refractivity contribution in [3.05, 3.63) is 23.6 Å². The standard InChI is InChI=1S/C13H16ClN5.ClH/c14-13-16-12-2-1-11(8-19(12)17-13)18-6-9-3-10(7-18)5-15-4-9;/h1-2,8-10,15H,3-7H2;1H. The molecule has 2 bridgehead atoms. The molecule has 7 heteroatoms. The lowest BCUT2D eigenvalue weighted by Gasteiger charge is -2.42. The van der Waals surface area contributed by atoms with E-state index in [-0.39, 0.29) is 12.4 Å². The second-order valence-corrected chi connectivity index (χ2v) is 5.94. The Kier molecular flexibility index (Phi) is 3.75. The minimum atomic E-state index is 0. The number of rotatable bonds is 1. The van der Waals surface area contributed by atoms with Gasteiger partial charge in [-0.15, -0.1) is 17.5 Å². The van der Waals surface area contributed by atoms with Gasteiger partial charge < -0.3 is 10.2 Å². The topological polar surface area (TPSA) is 45.5 Å². The Morgan fingerprint density at radius 1 is 1.20 bits per heavy atom. The predicted octanol–water partition coefficient (Wildman–Crippen LogP) is 1.85. The van der Waals surface area contributed by atoms with E-state index in [1.807, 2.05) is 12.3 Å². The molecule has 4 rings (SSSR count). The second kappa shape index (κ2) is 5.39. The van der Waals surface area contributed by atoms with E-state index in [2.05, 4.69) is 26.4 Å². The summed E-state index contributed by atoms with van der Waals surface area (Å²) in [6.07, 6.45) is 3.39. The fourth-order valence-electron chi connectivity index (χ4n) is 3.35. The molecule has 1 N–H and O–H groups in total. The molecule has 2 aromatic rings. The maximum Gasteiger partial charge on any atom is 0.243 e. The lowest BCUT2D eigenvalue weighted by molar-refractivity contribution is 0.249. The number of nitrogens with one attached hydrogen (secondary N) is 1. The molecule has 108 valence electrons. The van der Waals surface area contributed by atoms with E-state index < -0.39 is 0 Å². The van der Waals surface area contributed by atoms with E-state index in [4.69, 9.17) is 11.6 Å².